The predicted molar refractivity (Wildman–Crippen MR) is 146 cm³/mol. The molecule has 1 N–H and O–H groups in total. The Kier molecular flexibility index (Phi) is 4.96. The van der Waals surface area contributed by atoms with Crippen molar-refractivity contribution in [2.24, 2.45) is 17.8 Å². The number of anilines is 1. The number of amides is 2. The van der Waals surface area contributed by atoms with Crippen molar-refractivity contribution in [1.82, 2.24) is 14.9 Å². The molecule has 4 heterocycles. The van der Waals surface area contributed by atoms with Crippen LogP contribution >= 0.6 is 23.2 Å². The summed E-state index contributed by atoms with van der Waals surface area (Å²) in [4.78, 5) is 48.5. The van der Waals surface area contributed by atoms with E-state index in [2.05, 4.69) is 5.32 Å². The van der Waals surface area contributed by atoms with Gasteiger partial charge < -0.3 is 0 Å². The summed E-state index contributed by atoms with van der Waals surface area (Å²) in [5.74, 6) is -1.80. The van der Waals surface area contributed by atoms with Crippen molar-refractivity contribution >= 4 is 51.6 Å². The molecule has 1 spiro atoms. The van der Waals surface area contributed by atoms with Crippen molar-refractivity contribution in [3.63, 3.8) is 0 Å². The molecule has 0 unspecified atom stereocenters. The van der Waals surface area contributed by atoms with Gasteiger partial charge in [0.25, 0.3) is 5.56 Å². The minimum atomic E-state index is -1.18. The molecule has 3 aliphatic rings. The van der Waals surface area contributed by atoms with Gasteiger partial charge in [-0.2, -0.15) is 0 Å². The molecule has 7 rings (SSSR count). The lowest BCUT2D eigenvalue weighted by atomic mass is 9.75. The molecule has 0 saturated carbocycles. The Labute approximate surface area is 228 Å². The van der Waals surface area contributed by atoms with E-state index in [9.17, 15) is 14.4 Å². The zero-order valence-electron chi connectivity index (χ0n) is 20.5. The molecule has 3 aromatic carbocycles. The standard InChI is InChI=1S/C29H22Cl2N4O3/c1-14(2)24-22-23(27(38)34(26(22)37)21-12-11-15(30)13-18(21)31)29(33-24)17-8-4-6-10-20(17)35-25(36)16-7-3-5-9-19(16)32-28(29)35/h3-14,22-24,33H,1-2H3/t22-,23-,24+,29+/m1/s1. The number of fused-ring (bicyclic) bond motifs is 8. The molecule has 7 nitrogen and oxygen atoms in total. The fraction of sp³-hybridized carbons (Fsp3) is 0.241. The second-order valence-electron chi connectivity index (χ2n) is 10.4. The number of aromatic nitrogens is 2. The number of nitrogens with one attached hydrogen (secondary N) is 1. The molecule has 190 valence electrons. The second kappa shape index (κ2) is 7.99. The van der Waals surface area contributed by atoms with E-state index in [0.717, 1.165) is 5.56 Å². The molecule has 0 bridgehead atoms. The quantitative estimate of drug-likeness (QED) is 0.370. The van der Waals surface area contributed by atoms with Gasteiger partial charge in [-0.1, -0.05) is 67.4 Å². The summed E-state index contributed by atoms with van der Waals surface area (Å²) < 4.78 is 1.60. The lowest BCUT2D eigenvalue weighted by Gasteiger charge is -2.32. The van der Waals surface area contributed by atoms with Crippen molar-refractivity contribution in [3.8, 4) is 5.69 Å². The summed E-state index contributed by atoms with van der Waals surface area (Å²) >= 11 is 12.6. The van der Waals surface area contributed by atoms with E-state index in [1.54, 1.807) is 34.9 Å². The highest BCUT2D eigenvalue weighted by molar-refractivity contribution is 6.38. The van der Waals surface area contributed by atoms with E-state index >= 15 is 0 Å². The number of halogens is 2. The van der Waals surface area contributed by atoms with Crippen molar-refractivity contribution in [2.75, 3.05) is 4.90 Å². The van der Waals surface area contributed by atoms with E-state index in [1.807, 2.05) is 44.2 Å². The van der Waals surface area contributed by atoms with E-state index in [-0.39, 0.29) is 34.4 Å². The van der Waals surface area contributed by atoms with Gasteiger partial charge in [0.1, 0.15) is 11.4 Å². The summed E-state index contributed by atoms with van der Waals surface area (Å²) in [5.41, 5.74) is 0.855. The van der Waals surface area contributed by atoms with Crippen LogP contribution in [0, 0.1) is 17.8 Å². The van der Waals surface area contributed by atoms with Crippen LogP contribution in [0.25, 0.3) is 16.6 Å². The number of carbonyl (C=O) groups is 2. The molecule has 2 fully saturated rings. The zero-order valence-corrected chi connectivity index (χ0v) is 22.0. The van der Waals surface area contributed by atoms with Crippen LogP contribution in [-0.4, -0.2) is 27.4 Å². The Morgan fingerprint density at radius 1 is 0.921 bits per heavy atom. The number of nitrogens with zero attached hydrogens (tertiary/aromatic N) is 3. The summed E-state index contributed by atoms with van der Waals surface area (Å²) in [7, 11) is 0. The van der Waals surface area contributed by atoms with Crippen molar-refractivity contribution in [3.05, 3.63) is 98.5 Å². The Morgan fingerprint density at radius 2 is 1.66 bits per heavy atom. The molecule has 0 aliphatic carbocycles. The van der Waals surface area contributed by atoms with Gasteiger partial charge >= 0.3 is 0 Å². The van der Waals surface area contributed by atoms with Crippen molar-refractivity contribution in [1.29, 1.82) is 0 Å². The Balaban J connectivity index is 1.53. The van der Waals surface area contributed by atoms with Crippen LogP contribution in [0.15, 0.2) is 71.5 Å². The summed E-state index contributed by atoms with van der Waals surface area (Å²) in [6, 6.07) is 19.1. The molecule has 4 atom stereocenters. The molecule has 38 heavy (non-hydrogen) atoms. The van der Waals surface area contributed by atoms with Gasteiger partial charge in [0, 0.05) is 16.6 Å². The third kappa shape index (κ3) is 2.84. The molecular formula is C29H22Cl2N4O3. The zero-order chi connectivity index (χ0) is 26.5. The molecular weight excluding hydrogens is 523 g/mol. The lowest BCUT2D eigenvalue weighted by molar-refractivity contribution is -0.123. The highest BCUT2D eigenvalue weighted by atomic mass is 35.5. The fourth-order valence-electron chi connectivity index (χ4n) is 6.62. The van der Waals surface area contributed by atoms with Gasteiger partial charge in [0.05, 0.1) is 39.1 Å². The molecule has 2 amide bonds. The average molecular weight is 545 g/mol. The fourth-order valence-corrected chi connectivity index (χ4v) is 7.12. The Hall–Kier alpha value is -3.52. The number of hydrogen-bond donors (Lipinski definition) is 1. The lowest BCUT2D eigenvalue weighted by Crippen LogP contribution is -2.51. The topological polar surface area (TPSA) is 84.3 Å². The van der Waals surface area contributed by atoms with Gasteiger partial charge in [-0.05, 0) is 42.3 Å². The van der Waals surface area contributed by atoms with E-state index in [0.29, 0.717) is 33.1 Å². The first-order valence-electron chi connectivity index (χ1n) is 12.5. The first-order chi connectivity index (χ1) is 18.3. The van der Waals surface area contributed by atoms with Gasteiger partial charge in [0.15, 0.2) is 0 Å². The number of benzene rings is 3. The van der Waals surface area contributed by atoms with Gasteiger partial charge in [-0.25, -0.2) is 9.88 Å². The van der Waals surface area contributed by atoms with Gasteiger partial charge in [0.2, 0.25) is 11.8 Å². The monoisotopic (exact) mass is 544 g/mol. The number of hydrogen-bond acceptors (Lipinski definition) is 5. The average Bonchev–Trinajstić information content (AvgIpc) is 3.49. The third-order valence-corrected chi connectivity index (χ3v) is 8.70. The highest BCUT2D eigenvalue weighted by Gasteiger charge is 2.70. The van der Waals surface area contributed by atoms with Crippen molar-refractivity contribution in [2.45, 2.75) is 25.4 Å². The molecule has 2 saturated heterocycles. The second-order valence-corrected chi connectivity index (χ2v) is 11.3. The summed E-state index contributed by atoms with van der Waals surface area (Å²) in [6.45, 7) is 4.04. The Morgan fingerprint density at radius 3 is 2.42 bits per heavy atom. The van der Waals surface area contributed by atoms with Gasteiger partial charge in [-0.3, -0.25) is 24.3 Å². The molecule has 0 radical (unpaired) electrons. The van der Waals surface area contributed by atoms with Crippen LogP contribution in [0.4, 0.5) is 5.69 Å². The van der Waals surface area contributed by atoms with E-state index in [4.69, 9.17) is 28.2 Å². The number of rotatable bonds is 2. The van der Waals surface area contributed by atoms with Crippen LogP contribution < -0.4 is 15.8 Å². The number of para-hydroxylation sites is 2. The van der Waals surface area contributed by atoms with Gasteiger partial charge in [-0.15, -0.1) is 0 Å². The molecule has 4 aromatic rings. The van der Waals surface area contributed by atoms with Crippen LogP contribution in [0.5, 0.6) is 0 Å². The van der Waals surface area contributed by atoms with Crippen LogP contribution in [0.3, 0.4) is 0 Å². The van der Waals surface area contributed by atoms with Crippen LogP contribution in [0.2, 0.25) is 10.0 Å². The largest absolute Gasteiger partial charge is 0.296 e. The normalized spacial score (nSPS) is 25.5. The number of imide groups is 1. The molecule has 3 aliphatic heterocycles. The molecule has 1 aromatic heterocycles. The van der Waals surface area contributed by atoms with Crippen LogP contribution in [-0.2, 0) is 15.1 Å². The van der Waals surface area contributed by atoms with E-state index < -0.39 is 17.4 Å². The van der Waals surface area contributed by atoms with Crippen LogP contribution in [0.1, 0.15) is 25.2 Å². The SMILES string of the molecule is CC(C)[C@@H]1N[C@@]2(c3ccccc3-n3c2nc2ccccc2c3=O)[C@H]2C(=O)N(c3ccc(Cl)cc3Cl)C(=O)[C@@H]12. The first-order valence-corrected chi connectivity index (χ1v) is 13.2. The predicted octanol–water partition coefficient (Wildman–Crippen LogP) is 4.68. The maximum atomic E-state index is 14.4. The Bertz CT molecular complexity index is 1770. The van der Waals surface area contributed by atoms with Crippen molar-refractivity contribution < 1.29 is 9.59 Å². The maximum absolute atomic E-state index is 14.4. The minimum absolute atomic E-state index is 0.00709. The third-order valence-electron chi connectivity index (χ3n) is 8.17. The summed E-state index contributed by atoms with van der Waals surface area (Å²) in [5, 5.41) is 4.80. The maximum Gasteiger partial charge on any atom is 0.266 e. The van der Waals surface area contributed by atoms with E-state index in [1.165, 1.54) is 11.0 Å². The number of carbonyl (C=O) groups excluding carboxylic acids is 2. The minimum Gasteiger partial charge on any atom is -0.296 e. The highest BCUT2D eigenvalue weighted by Crippen LogP contribution is 2.56. The first kappa shape index (κ1) is 23.6. The summed E-state index contributed by atoms with van der Waals surface area (Å²) in [6.07, 6.45) is 0. The smallest absolute Gasteiger partial charge is 0.266 e. The molecule has 9 heteroatoms.